The molecule has 0 heterocycles. The molecule has 1 fully saturated rings. The average Bonchev–Trinajstić information content (AvgIpc) is 2.98. The van der Waals surface area contributed by atoms with Crippen LogP contribution in [0.25, 0.3) is 0 Å². The minimum absolute atomic E-state index is 0.0199. The molecule has 1 aliphatic carbocycles. The van der Waals surface area contributed by atoms with Crippen LogP contribution in [0.2, 0.25) is 0 Å². The van der Waals surface area contributed by atoms with Crippen LogP contribution in [-0.2, 0) is 9.59 Å². The first-order chi connectivity index (χ1) is 7.89. The number of rotatable bonds is 8. The molecule has 17 heavy (non-hydrogen) atoms. The van der Waals surface area contributed by atoms with E-state index in [4.69, 9.17) is 5.11 Å². The van der Waals surface area contributed by atoms with Gasteiger partial charge in [0, 0.05) is 31.0 Å². The molecule has 0 radical (unpaired) electrons. The zero-order valence-corrected chi connectivity index (χ0v) is 10.6. The van der Waals surface area contributed by atoms with Crippen LogP contribution in [0.1, 0.15) is 46.0 Å². The number of carbonyl (C=O) groups excluding carboxylic acids is 1. The largest absolute Gasteiger partial charge is 0.481 e. The zero-order valence-electron chi connectivity index (χ0n) is 10.6. The summed E-state index contributed by atoms with van der Waals surface area (Å²) in [7, 11) is 0. The number of amides is 1. The third-order valence-corrected chi connectivity index (χ3v) is 2.80. The Bertz CT molecular complexity index is 285. The van der Waals surface area contributed by atoms with Crippen LogP contribution in [0.4, 0.5) is 0 Å². The molecule has 0 bridgehead atoms. The lowest BCUT2D eigenvalue weighted by Gasteiger charge is -2.25. The Morgan fingerprint density at radius 3 is 2.47 bits per heavy atom. The van der Waals surface area contributed by atoms with Gasteiger partial charge in [0.05, 0.1) is 0 Å². The second-order valence-electron chi connectivity index (χ2n) is 5.30. The molecular formula is C12H22N2O3. The summed E-state index contributed by atoms with van der Waals surface area (Å²) >= 11 is 0. The Labute approximate surface area is 102 Å². The molecule has 1 aliphatic rings. The number of carboxylic acid groups (broad SMARTS) is 1. The molecule has 5 nitrogen and oxygen atoms in total. The Kier molecular flexibility index (Phi) is 4.93. The molecular weight excluding hydrogens is 220 g/mol. The standard InChI is InChI=1S/C12H22N2O3/c1-12(2,7-5-11(16)17)14-10(15)6-8-13-9-3-4-9/h9,13H,3-8H2,1-2H3,(H,14,15)(H,16,17). The molecule has 5 heteroatoms. The van der Waals surface area contributed by atoms with Crippen LogP contribution >= 0.6 is 0 Å². The van der Waals surface area contributed by atoms with Gasteiger partial charge in [-0.3, -0.25) is 9.59 Å². The summed E-state index contributed by atoms with van der Waals surface area (Å²) in [6.07, 6.45) is 3.40. The van der Waals surface area contributed by atoms with Crippen LogP contribution < -0.4 is 10.6 Å². The molecule has 1 saturated carbocycles. The topological polar surface area (TPSA) is 78.4 Å². The fraction of sp³-hybridized carbons (Fsp3) is 0.833. The van der Waals surface area contributed by atoms with Crippen LogP contribution in [0.15, 0.2) is 0 Å². The van der Waals surface area contributed by atoms with Crippen LogP contribution in [0, 0.1) is 0 Å². The summed E-state index contributed by atoms with van der Waals surface area (Å²) in [5, 5.41) is 14.7. The van der Waals surface area contributed by atoms with E-state index in [1.54, 1.807) is 0 Å². The van der Waals surface area contributed by atoms with E-state index in [0.29, 0.717) is 25.4 Å². The molecule has 0 aromatic heterocycles. The van der Waals surface area contributed by atoms with Gasteiger partial charge in [0.1, 0.15) is 0 Å². The molecule has 0 atom stereocenters. The van der Waals surface area contributed by atoms with Crippen molar-refractivity contribution in [2.75, 3.05) is 6.54 Å². The molecule has 0 unspecified atom stereocenters. The monoisotopic (exact) mass is 242 g/mol. The van der Waals surface area contributed by atoms with Gasteiger partial charge in [-0.1, -0.05) is 0 Å². The minimum Gasteiger partial charge on any atom is -0.481 e. The van der Waals surface area contributed by atoms with E-state index in [9.17, 15) is 9.59 Å². The van der Waals surface area contributed by atoms with Crippen molar-refractivity contribution in [1.82, 2.24) is 10.6 Å². The van der Waals surface area contributed by atoms with Crippen molar-refractivity contribution < 1.29 is 14.7 Å². The molecule has 0 aromatic rings. The number of hydrogen-bond donors (Lipinski definition) is 3. The van der Waals surface area contributed by atoms with Crippen LogP contribution in [0.3, 0.4) is 0 Å². The van der Waals surface area contributed by atoms with Gasteiger partial charge < -0.3 is 15.7 Å². The average molecular weight is 242 g/mol. The lowest BCUT2D eigenvalue weighted by atomic mass is 9.98. The fourth-order valence-electron chi connectivity index (χ4n) is 1.60. The van der Waals surface area contributed by atoms with Gasteiger partial charge >= 0.3 is 5.97 Å². The summed E-state index contributed by atoms with van der Waals surface area (Å²) < 4.78 is 0. The maximum Gasteiger partial charge on any atom is 0.303 e. The predicted octanol–water partition coefficient (Wildman–Crippen LogP) is 0.888. The van der Waals surface area contributed by atoms with Gasteiger partial charge in [0.15, 0.2) is 0 Å². The predicted molar refractivity (Wildman–Crippen MR) is 64.7 cm³/mol. The van der Waals surface area contributed by atoms with Gasteiger partial charge in [-0.15, -0.1) is 0 Å². The van der Waals surface area contributed by atoms with Gasteiger partial charge in [0.2, 0.25) is 5.91 Å². The zero-order chi connectivity index (χ0) is 12.9. The van der Waals surface area contributed by atoms with Crippen molar-refractivity contribution in [1.29, 1.82) is 0 Å². The quantitative estimate of drug-likeness (QED) is 0.590. The lowest BCUT2D eigenvalue weighted by molar-refractivity contribution is -0.137. The molecule has 1 rings (SSSR count). The van der Waals surface area contributed by atoms with Crippen molar-refractivity contribution in [3.8, 4) is 0 Å². The summed E-state index contributed by atoms with van der Waals surface area (Å²) in [4.78, 5) is 22.1. The molecule has 0 saturated heterocycles. The molecule has 0 aromatic carbocycles. The second-order valence-corrected chi connectivity index (χ2v) is 5.30. The Hall–Kier alpha value is -1.10. The Balaban J connectivity index is 2.15. The third kappa shape index (κ3) is 6.94. The van der Waals surface area contributed by atoms with Crippen LogP contribution in [-0.4, -0.2) is 35.1 Å². The number of carbonyl (C=O) groups is 2. The van der Waals surface area contributed by atoms with E-state index in [0.717, 1.165) is 0 Å². The first kappa shape index (κ1) is 14.0. The smallest absolute Gasteiger partial charge is 0.303 e. The summed E-state index contributed by atoms with van der Waals surface area (Å²) in [6.45, 7) is 4.40. The highest BCUT2D eigenvalue weighted by atomic mass is 16.4. The van der Waals surface area contributed by atoms with E-state index in [-0.39, 0.29) is 12.3 Å². The van der Waals surface area contributed by atoms with Gasteiger partial charge in [-0.2, -0.15) is 0 Å². The third-order valence-electron chi connectivity index (χ3n) is 2.80. The van der Waals surface area contributed by atoms with Crippen molar-refractivity contribution in [3.63, 3.8) is 0 Å². The Morgan fingerprint density at radius 2 is 1.94 bits per heavy atom. The summed E-state index contributed by atoms with van der Waals surface area (Å²) in [5.41, 5.74) is -0.449. The molecule has 1 amide bonds. The first-order valence-electron chi connectivity index (χ1n) is 6.15. The highest BCUT2D eigenvalue weighted by molar-refractivity contribution is 5.77. The number of aliphatic carboxylic acids is 1. The van der Waals surface area contributed by atoms with Crippen LogP contribution in [0.5, 0.6) is 0 Å². The molecule has 0 aliphatic heterocycles. The Morgan fingerprint density at radius 1 is 1.29 bits per heavy atom. The van der Waals surface area contributed by atoms with Crippen molar-refractivity contribution in [3.05, 3.63) is 0 Å². The lowest BCUT2D eigenvalue weighted by Crippen LogP contribution is -2.44. The number of nitrogens with one attached hydrogen (secondary N) is 2. The fourth-order valence-corrected chi connectivity index (χ4v) is 1.60. The van der Waals surface area contributed by atoms with E-state index in [1.165, 1.54) is 12.8 Å². The second kappa shape index (κ2) is 6.00. The van der Waals surface area contributed by atoms with Crippen molar-refractivity contribution in [2.45, 2.75) is 57.5 Å². The highest BCUT2D eigenvalue weighted by Gasteiger charge is 2.23. The highest BCUT2D eigenvalue weighted by Crippen LogP contribution is 2.18. The van der Waals surface area contributed by atoms with Gasteiger partial charge in [0.25, 0.3) is 0 Å². The molecule has 3 N–H and O–H groups in total. The normalized spacial score (nSPS) is 15.6. The van der Waals surface area contributed by atoms with E-state index >= 15 is 0 Å². The first-order valence-corrected chi connectivity index (χ1v) is 6.15. The summed E-state index contributed by atoms with van der Waals surface area (Å²) in [6, 6.07) is 0.614. The molecule has 98 valence electrons. The minimum atomic E-state index is -0.831. The van der Waals surface area contributed by atoms with E-state index in [2.05, 4.69) is 10.6 Å². The summed E-state index contributed by atoms with van der Waals surface area (Å²) in [5.74, 6) is -0.851. The van der Waals surface area contributed by atoms with Gasteiger partial charge in [-0.25, -0.2) is 0 Å². The maximum absolute atomic E-state index is 11.6. The van der Waals surface area contributed by atoms with E-state index < -0.39 is 11.5 Å². The maximum atomic E-state index is 11.6. The number of hydrogen-bond acceptors (Lipinski definition) is 3. The van der Waals surface area contributed by atoms with Gasteiger partial charge in [-0.05, 0) is 33.1 Å². The molecule has 0 spiro atoms. The number of carboxylic acids is 1. The van der Waals surface area contributed by atoms with E-state index in [1.807, 2.05) is 13.8 Å². The van der Waals surface area contributed by atoms with Crippen molar-refractivity contribution in [2.24, 2.45) is 0 Å². The van der Waals surface area contributed by atoms with Crippen molar-refractivity contribution >= 4 is 11.9 Å². The SMILES string of the molecule is CC(C)(CCC(=O)O)NC(=O)CCNC1CC1.